The van der Waals surface area contributed by atoms with Crippen LogP contribution in [0.5, 0.6) is 0 Å². The molecule has 2 atom stereocenters. The molecule has 1 aliphatic rings. The van der Waals surface area contributed by atoms with Crippen molar-refractivity contribution in [1.29, 1.82) is 0 Å². The van der Waals surface area contributed by atoms with E-state index in [1.54, 1.807) is 0 Å². The molecular weight excluding hydrogens is 272 g/mol. The van der Waals surface area contributed by atoms with Crippen molar-refractivity contribution < 1.29 is 9.90 Å². The van der Waals surface area contributed by atoms with E-state index in [0.29, 0.717) is 6.42 Å². The van der Waals surface area contributed by atoms with Crippen LogP contribution in [0, 0.1) is 11.8 Å². The van der Waals surface area contributed by atoms with E-state index in [4.69, 9.17) is 5.11 Å². The Bertz CT molecular complexity index is 309. The summed E-state index contributed by atoms with van der Waals surface area (Å²) in [6.45, 7) is 2.28. The highest BCUT2D eigenvalue weighted by Crippen LogP contribution is 2.37. The molecule has 1 fully saturated rings. The summed E-state index contributed by atoms with van der Waals surface area (Å²) < 4.78 is 0. The van der Waals surface area contributed by atoms with Crippen LogP contribution in [0.4, 0.5) is 0 Å². The first-order chi connectivity index (χ1) is 10.7. The number of aliphatic carboxylic acids is 1. The molecule has 2 nitrogen and oxygen atoms in total. The van der Waals surface area contributed by atoms with Crippen LogP contribution in [0.15, 0.2) is 12.2 Å². The SMILES string of the molecule is CCCCCCCC[C@H]1CCC[C@@H]1CC=CCCCC(=O)O. The first-order valence-corrected chi connectivity index (χ1v) is 9.60. The van der Waals surface area contributed by atoms with Gasteiger partial charge in [-0.3, -0.25) is 4.79 Å². The molecule has 1 N–H and O–H groups in total. The van der Waals surface area contributed by atoms with Crippen molar-refractivity contribution in [1.82, 2.24) is 0 Å². The van der Waals surface area contributed by atoms with Crippen molar-refractivity contribution in [3.05, 3.63) is 12.2 Å². The lowest BCUT2D eigenvalue weighted by atomic mass is 9.88. The Morgan fingerprint density at radius 1 is 1.00 bits per heavy atom. The molecule has 0 aliphatic heterocycles. The molecule has 2 heteroatoms. The zero-order valence-electron chi connectivity index (χ0n) is 14.6. The molecule has 0 unspecified atom stereocenters. The van der Waals surface area contributed by atoms with Crippen LogP contribution >= 0.6 is 0 Å². The van der Waals surface area contributed by atoms with Gasteiger partial charge in [-0.2, -0.15) is 0 Å². The molecule has 22 heavy (non-hydrogen) atoms. The first-order valence-electron chi connectivity index (χ1n) is 9.60. The Labute approximate surface area is 137 Å². The minimum Gasteiger partial charge on any atom is -0.481 e. The Hall–Kier alpha value is -0.790. The average molecular weight is 309 g/mol. The summed E-state index contributed by atoms with van der Waals surface area (Å²) in [7, 11) is 0. The standard InChI is InChI=1S/C20H36O2/c1-2-3-4-5-6-9-13-18-15-12-16-19(18)14-10-7-8-11-17-20(21)22/h7,10,18-19H,2-6,8-9,11-17H2,1H3,(H,21,22)/t18-,19-/m0/s1. The predicted octanol–water partition coefficient (Wildman–Crippen LogP) is 6.35. The van der Waals surface area contributed by atoms with Gasteiger partial charge in [0.2, 0.25) is 0 Å². The third-order valence-corrected chi connectivity index (χ3v) is 5.11. The van der Waals surface area contributed by atoms with Crippen LogP contribution in [0.25, 0.3) is 0 Å². The van der Waals surface area contributed by atoms with Gasteiger partial charge in [-0.25, -0.2) is 0 Å². The largest absolute Gasteiger partial charge is 0.481 e. The summed E-state index contributed by atoms with van der Waals surface area (Å²) in [6.07, 6.45) is 21.8. The number of hydrogen-bond acceptors (Lipinski definition) is 1. The summed E-state index contributed by atoms with van der Waals surface area (Å²) >= 11 is 0. The lowest BCUT2D eigenvalue weighted by Gasteiger charge is -2.18. The summed E-state index contributed by atoms with van der Waals surface area (Å²) in [4.78, 5) is 10.4. The lowest BCUT2D eigenvalue weighted by Crippen LogP contribution is -2.07. The van der Waals surface area contributed by atoms with Gasteiger partial charge >= 0.3 is 5.97 Å². The third kappa shape index (κ3) is 9.27. The number of hydrogen-bond donors (Lipinski definition) is 1. The smallest absolute Gasteiger partial charge is 0.303 e. The van der Waals surface area contributed by atoms with Gasteiger partial charge in [0.1, 0.15) is 0 Å². The Balaban J connectivity index is 2.07. The maximum absolute atomic E-state index is 10.4. The molecule has 0 aromatic heterocycles. The highest BCUT2D eigenvalue weighted by Gasteiger charge is 2.25. The Kier molecular flexibility index (Phi) is 11.1. The molecular formula is C20H36O2. The van der Waals surface area contributed by atoms with Gasteiger partial charge in [0.25, 0.3) is 0 Å². The van der Waals surface area contributed by atoms with Crippen molar-refractivity contribution in [3.63, 3.8) is 0 Å². The van der Waals surface area contributed by atoms with Gasteiger partial charge in [0.05, 0.1) is 0 Å². The third-order valence-electron chi connectivity index (χ3n) is 5.11. The maximum atomic E-state index is 10.4. The van der Waals surface area contributed by atoms with E-state index in [0.717, 1.165) is 24.7 Å². The molecule has 1 saturated carbocycles. The molecule has 0 amide bonds. The zero-order chi connectivity index (χ0) is 16.0. The van der Waals surface area contributed by atoms with Gasteiger partial charge in [-0.05, 0) is 37.5 Å². The van der Waals surface area contributed by atoms with Crippen LogP contribution in [0.1, 0.15) is 96.8 Å². The second kappa shape index (κ2) is 12.7. The Morgan fingerprint density at radius 3 is 2.50 bits per heavy atom. The highest BCUT2D eigenvalue weighted by atomic mass is 16.4. The van der Waals surface area contributed by atoms with Gasteiger partial charge in [0.15, 0.2) is 0 Å². The molecule has 0 saturated heterocycles. The van der Waals surface area contributed by atoms with Gasteiger partial charge < -0.3 is 5.11 Å². The molecule has 0 aromatic rings. The quantitative estimate of drug-likeness (QED) is 0.318. The first kappa shape index (κ1) is 19.3. The van der Waals surface area contributed by atoms with E-state index in [1.165, 1.54) is 70.6 Å². The predicted molar refractivity (Wildman–Crippen MR) is 94.1 cm³/mol. The fourth-order valence-electron chi connectivity index (χ4n) is 3.75. The summed E-state index contributed by atoms with van der Waals surface area (Å²) in [5.41, 5.74) is 0. The minimum absolute atomic E-state index is 0.300. The van der Waals surface area contributed by atoms with Crippen LogP contribution in [0.3, 0.4) is 0 Å². The van der Waals surface area contributed by atoms with Crippen LogP contribution in [-0.2, 0) is 4.79 Å². The monoisotopic (exact) mass is 308 g/mol. The summed E-state index contributed by atoms with van der Waals surface area (Å²) in [5.74, 6) is 1.17. The minimum atomic E-state index is -0.678. The van der Waals surface area contributed by atoms with E-state index in [9.17, 15) is 4.79 Å². The van der Waals surface area contributed by atoms with Crippen molar-refractivity contribution >= 4 is 5.97 Å². The topological polar surface area (TPSA) is 37.3 Å². The highest BCUT2D eigenvalue weighted by molar-refractivity contribution is 5.66. The van der Waals surface area contributed by atoms with E-state index < -0.39 is 5.97 Å². The molecule has 0 radical (unpaired) electrons. The van der Waals surface area contributed by atoms with E-state index in [1.807, 2.05) is 0 Å². The molecule has 1 rings (SSSR count). The van der Waals surface area contributed by atoms with Crippen molar-refractivity contribution in [2.75, 3.05) is 0 Å². The zero-order valence-corrected chi connectivity index (χ0v) is 14.6. The maximum Gasteiger partial charge on any atom is 0.303 e. The van der Waals surface area contributed by atoms with E-state index >= 15 is 0 Å². The number of rotatable bonds is 13. The second-order valence-electron chi connectivity index (χ2n) is 7.00. The van der Waals surface area contributed by atoms with Gasteiger partial charge in [-0.15, -0.1) is 0 Å². The fraction of sp³-hybridized carbons (Fsp3) is 0.850. The number of carboxylic acids is 1. The Morgan fingerprint density at radius 2 is 1.73 bits per heavy atom. The number of carbonyl (C=O) groups is 1. The van der Waals surface area contributed by atoms with Crippen molar-refractivity contribution in [2.45, 2.75) is 96.8 Å². The molecule has 0 aromatic carbocycles. The van der Waals surface area contributed by atoms with Crippen LogP contribution in [-0.4, -0.2) is 11.1 Å². The fourth-order valence-corrected chi connectivity index (χ4v) is 3.75. The number of allylic oxidation sites excluding steroid dienone is 2. The van der Waals surface area contributed by atoms with Crippen molar-refractivity contribution in [2.24, 2.45) is 11.8 Å². The van der Waals surface area contributed by atoms with Crippen LogP contribution < -0.4 is 0 Å². The van der Waals surface area contributed by atoms with Crippen molar-refractivity contribution in [3.8, 4) is 0 Å². The molecule has 0 bridgehead atoms. The molecule has 128 valence electrons. The van der Waals surface area contributed by atoms with Gasteiger partial charge in [0, 0.05) is 6.42 Å². The molecule has 0 heterocycles. The van der Waals surface area contributed by atoms with E-state index in [2.05, 4.69) is 19.1 Å². The molecule has 0 spiro atoms. The second-order valence-corrected chi connectivity index (χ2v) is 7.00. The van der Waals surface area contributed by atoms with E-state index in [-0.39, 0.29) is 0 Å². The number of unbranched alkanes of at least 4 members (excludes halogenated alkanes) is 6. The van der Waals surface area contributed by atoms with Gasteiger partial charge in [-0.1, -0.05) is 76.9 Å². The summed E-state index contributed by atoms with van der Waals surface area (Å²) in [6, 6.07) is 0. The normalized spacial score (nSPS) is 21.7. The molecule has 1 aliphatic carbocycles. The average Bonchev–Trinajstić information content (AvgIpc) is 2.93. The van der Waals surface area contributed by atoms with Crippen LogP contribution in [0.2, 0.25) is 0 Å². The summed E-state index contributed by atoms with van der Waals surface area (Å²) in [5, 5.41) is 8.60. The number of carboxylic acid groups (broad SMARTS) is 1. The lowest BCUT2D eigenvalue weighted by molar-refractivity contribution is -0.137.